The number of hydrogen-bond acceptors (Lipinski definition) is 3. The summed E-state index contributed by atoms with van der Waals surface area (Å²) in [5, 5.41) is 4.74. The van der Waals surface area contributed by atoms with Crippen molar-refractivity contribution >= 4 is 17.3 Å². The number of halogens is 1. The maximum Gasteiger partial charge on any atom is 0.107 e. The van der Waals surface area contributed by atoms with Gasteiger partial charge in [-0.15, -0.1) is 0 Å². The largest absolute Gasteiger partial charge is 0.399 e. The maximum absolute atomic E-state index is 6.34. The fourth-order valence-electron chi connectivity index (χ4n) is 2.04. The molecule has 112 valence electrons. The normalized spacial score (nSPS) is 14.4. The number of rotatable bonds is 4. The van der Waals surface area contributed by atoms with Crippen molar-refractivity contribution in [1.82, 2.24) is 9.55 Å². The Kier molecular flexibility index (Phi) is 4.45. The van der Waals surface area contributed by atoms with Crippen LogP contribution >= 0.6 is 11.6 Å². The summed E-state index contributed by atoms with van der Waals surface area (Å²) in [7, 11) is 1.53. The molecule has 0 atom stereocenters. The van der Waals surface area contributed by atoms with E-state index in [-0.39, 0.29) is 0 Å². The molecule has 3 rings (SSSR count). The van der Waals surface area contributed by atoms with Crippen molar-refractivity contribution in [2.75, 3.05) is 7.11 Å². The number of aromatic nitrogens is 2. The minimum atomic E-state index is 0.558. The van der Waals surface area contributed by atoms with Gasteiger partial charge in [0.15, 0.2) is 0 Å². The van der Waals surface area contributed by atoms with Gasteiger partial charge in [0, 0.05) is 29.4 Å². The van der Waals surface area contributed by atoms with Gasteiger partial charge in [-0.05, 0) is 25.0 Å². The van der Waals surface area contributed by atoms with Gasteiger partial charge in [-0.1, -0.05) is 34.7 Å². The van der Waals surface area contributed by atoms with E-state index >= 15 is 0 Å². The van der Waals surface area contributed by atoms with Crippen molar-refractivity contribution in [1.29, 1.82) is 0 Å². The lowest BCUT2D eigenvalue weighted by molar-refractivity contribution is 0.212. The molecule has 0 spiro atoms. The van der Waals surface area contributed by atoms with E-state index in [4.69, 9.17) is 16.4 Å². The van der Waals surface area contributed by atoms with E-state index in [0.717, 1.165) is 16.8 Å². The minimum Gasteiger partial charge on any atom is -0.399 e. The first-order chi connectivity index (χ1) is 10.8. The zero-order chi connectivity index (χ0) is 15.4. The quantitative estimate of drug-likeness (QED) is 0.493. The Balaban J connectivity index is 1.84. The van der Waals surface area contributed by atoms with E-state index in [9.17, 15) is 0 Å². The van der Waals surface area contributed by atoms with Crippen LogP contribution in [0.25, 0.3) is 0 Å². The lowest BCUT2D eigenvalue weighted by Gasteiger charge is -2.08. The van der Waals surface area contributed by atoms with Crippen LogP contribution in [0.1, 0.15) is 24.0 Å². The molecule has 22 heavy (non-hydrogen) atoms. The molecule has 0 bridgehead atoms. The molecule has 1 saturated carbocycles. The van der Waals surface area contributed by atoms with Crippen molar-refractivity contribution < 1.29 is 4.84 Å². The van der Waals surface area contributed by atoms with Gasteiger partial charge in [0.05, 0.1) is 17.9 Å². The van der Waals surface area contributed by atoms with Gasteiger partial charge in [0.1, 0.15) is 12.8 Å². The molecule has 4 nitrogen and oxygen atoms in total. The standard InChI is InChI=1S/C17H16ClN3O/c1-22-20-17(11-21-9-8-19-12-21)15-7-6-14(16(18)10-15)5-4-13-2-3-13/h6-10,12-13H,2-3,11H2,1H3/b20-17+. The summed E-state index contributed by atoms with van der Waals surface area (Å²) >= 11 is 6.34. The molecule has 0 N–H and O–H groups in total. The molecular formula is C17H16ClN3O. The summed E-state index contributed by atoms with van der Waals surface area (Å²) in [4.78, 5) is 8.98. The lowest BCUT2D eigenvalue weighted by atomic mass is 10.1. The number of nitrogens with zero attached hydrogens (tertiary/aromatic N) is 3. The third-order valence-electron chi connectivity index (χ3n) is 3.38. The maximum atomic E-state index is 6.34. The molecule has 0 aliphatic heterocycles. The first kappa shape index (κ1) is 14.7. The Hall–Kier alpha value is -2.25. The van der Waals surface area contributed by atoms with Crippen LogP contribution in [0.3, 0.4) is 0 Å². The van der Waals surface area contributed by atoms with E-state index in [1.165, 1.54) is 20.0 Å². The summed E-state index contributed by atoms with van der Waals surface area (Å²) in [6.45, 7) is 0.567. The highest BCUT2D eigenvalue weighted by Crippen LogP contribution is 2.28. The van der Waals surface area contributed by atoms with Gasteiger partial charge < -0.3 is 9.40 Å². The van der Waals surface area contributed by atoms with Crippen molar-refractivity contribution in [3.05, 3.63) is 53.1 Å². The Bertz CT molecular complexity index is 737. The molecule has 1 aromatic carbocycles. The van der Waals surface area contributed by atoms with Gasteiger partial charge in [-0.2, -0.15) is 0 Å². The minimum absolute atomic E-state index is 0.558. The van der Waals surface area contributed by atoms with E-state index in [1.807, 2.05) is 29.0 Å². The van der Waals surface area contributed by atoms with Crippen molar-refractivity contribution in [3.8, 4) is 11.8 Å². The van der Waals surface area contributed by atoms with Gasteiger partial charge >= 0.3 is 0 Å². The molecule has 1 aliphatic rings. The molecule has 5 heteroatoms. The molecule has 1 aromatic heterocycles. The van der Waals surface area contributed by atoms with Gasteiger partial charge in [0.2, 0.25) is 0 Å². The van der Waals surface area contributed by atoms with Crippen LogP contribution in [-0.4, -0.2) is 22.4 Å². The van der Waals surface area contributed by atoms with Crippen molar-refractivity contribution in [3.63, 3.8) is 0 Å². The fraction of sp³-hybridized carbons (Fsp3) is 0.294. The number of oxime groups is 1. The number of hydrogen-bond donors (Lipinski definition) is 0. The average Bonchev–Trinajstić information content (AvgIpc) is 3.20. The van der Waals surface area contributed by atoms with E-state index in [0.29, 0.717) is 17.5 Å². The molecule has 1 fully saturated rings. The smallest absolute Gasteiger partial charge is 0.107 e. The molecule has 2 aromatic rings. The summed E-state index contributed by atoms with van der Waals surface area (Å²) < 4.78 is 1.92. The molecule has 0 amide bonds. The zero-order valence-electron chi connectivity index (χ0n) is 12.3. The molecule has 0 radical (unpaired) electrons. The molecular weight excluding hydrogens is 298 g/mol. The third kappa shape index (κ3) is 3.69. The second-order valence-electron chi connectivity index (χ2n) is 5.19. The van der Waals surface area contributed by atoms with E-state index in [2.05, 4.69) is 22.0 Å². The second kappa shape index (κ2) is 6.67. The Morgan fingerprint density at radius 1 is 1.50 bits per heavy atom. The second-order valence-corrected chi connectivity index (χ2v) is 5.60. The van der Waals surface area contributed by atoms with Crippen LogP contribution in [-0.2, 0) is 11.4 Å². The SMILES string of the molecule is CO/N=C(\Cn1ccnc1)c1ccc(C#CC2CC2)c(Cl)c1. The van der Waals surface area contributed by atoms with Crippen LogP contribution in [0.4, 0.5) is 0 Å². The van der Waals surface area contributed by atoms with Crippen LogP contribution in [0, 0.1) is 17.8 Å². The Morgan fingerprint density at radius 3 is 3.00 bits per heavy atom. The Labute approximate surface area is 134 Å². The van der Waals surface area contributed by atoms with Crippen molar-refractivity contribution in [2.24, 2.45) is 11.1 Å². The third-order valence-corrected chi connectivity index (χ3v) is 3.70. The van der Waals surface area contributed by atoms with Crippen LogP contribution in [0.5, 0.6) is 0 Å². The first-order valence-electron chi connectivity index (χ1n) is 7.13. The predicted molar refractivity (Wildman–Crippen MR) is 86.8 cm³/mol. The van der Waals surface area contributed by atoms with Crippen molar-refractivity contribution in [2.45, 2.75) is 19.4 Å². The highest BCUT2D eigenvalue weighted by molar-refractivity contribution is 6.32. The van der Waals surface area contributed by atoms with Gasteiger partial charge in [0.25, 0.3) is 0 Å². The lowest BCUT2D eigenvalue weighted by Crippen LogP contribution is -2.11. The molecule has 1 heterocycles. The predicted octanol–water partition coefficient (Wildman–Crippen LogP) is 3.35. The summed E-state index contributed by atoms with van der Waals surface area (Å²) in [6, 6.07) is 5.79. The summed E-state index contributed by atoms with van der Waals surface area (Å²) in [6.07, 6.45) is 7.76. The highest BCUT2D eigenvalue weighted by Gasteiger charge is 2.18. The monoisotopic (exact) mass is 313 g/mol. The topological polar surface area (TPSA) is 39.4 Å². The van der Waals surface area contributed by atoms with Gasteiger partial charge in [-0.25, -0.2) is 4.98 Å². The molecule has 0 saturated heterocycles. The molecule has 1 aliphatic carbocycles. The highest BCUT2D eigenvalue weighted by atomic mass is 35.5. The fourth-order valence-corrected chi connectivity index (χ4v) is 2.27. The van der Waals surface area contributed by atoms with E-state index < -0.39 is 0 Å². The molecule has 0 unspecified atom stereocenters. The van der Waals surface area contributed by atoms with Gasteiger partial charge in [-0.3, -0.25) is 0 Å². The summed E-state index contributed by atoms with van der Waals surface area (Å²) in [5.74, 6) is 6.93. The van der Waals surface area contributed by atoms with Crippen LogP contribution in [0.15, 0.2) is 42.1 Å². The van der Waals surface area contributed by atoms with E-state index in [1.54, 1.807) is 12.5 Å². The first-order valence-corrected chi connectivity index (χ1v) is 7.51. The van der Waals surface area contributed by atoms with Crippen LogP contribution in [0.2, 0.25) is 5.02 Å². The summed E-state index contributed by atoms with van der Waals surface area (Å²) in [5.41, 5.74) is 2.55. The average molecular weight is 314 g/mol. The number of benzene rings is 1. The zero-order valence-corrected chi connectivity index (χ0v) is 13.0. The van der Waals surface area contributed by atoms with Crippen LogP contribution < -0.4 is 0 Å². The Morgan fingerprint density at radius 2 is 2.36 bits per heavy atom. The number of imidazole rings is 1.